The molecule has 0 saturated carbocycles. The number of hydrogen-bond donors (Lipinski definition) is 1. The van der Waals surface area contributed by atoms with Crippen LogP contribution in [0.5, 0.6) is 5.75 Å². The lowest BCUT2D eigenvalue weighted by Crippen LogP contribution is -2.35. The van der Waals surface area contributed by atoms with Crippen LogP contribution in [0.2, 0.25) is 5.02 Å². The lowest BCUT2D eigenvalue weighted by Gasteiger charge is -2.15. The molecule has 0 bridgehead atoms. The van der Waals surface area contributed by atoms with Gasteiger partial charge in [-0.15, -0.1) is 11.3 Å². The molecule has 2 aromatic carbocycles. The van der Waals surface area contributed by atoms with E-state index in [1.54, 1.807) is 36.7 Å². The van der Waals surface area contributed by atoms with Crippen LogP contribution >= 0.6 is 22.9 Å². The number of aryl methyl sites for hydroxylation is 1. The molecule has 0 aliphatic carbocycles. The minimum absolute atomic E-state index is 0.0686. The number of anilines is 1. The number of benzene rings is 2. The fourth-order valence-corrected chi connectivity index (χ4v) is 3.28. The molecule has 0 saturated heterocycles. The molecule has 2 amide bonds. The number of likely N-dealkylation sites (N-methyl/N-ethyl adjacent to an activating group) is 1. The van der Waals surface area contributed by atoms with Crippen molar-refractivity contribution in [2.24, 2.45) is 0 Å². The third kappa shape index (κ3) is 6.04. The van der Waals surface area contributed by atoms with Gasteiger partial charge in [-0.1, -0.05) is 29.3 Å². The molecule has 0 fully saturated rings. The molecule has 0 atom stereocenters. The fraction of sp³-hybridized carbons (Fsp3) is 0.190. The van der Waals surface area contributed by atoms with Crippen molar-refractivity contribution in [3.63, 3.8) is 0 Å². The van der Waals surface area contributed by atoms with Crippen molar-refractivity contribution in [2.45, 2.75) is 13.5 Å². The SMILES string of the molecule is Cc1ccc(NC(=O)CN(C)C(=O)c2csc(COc3ccc(Cl)cc3)n2)cc1. The summed E-state index contributed by atoms with van der Waals surface area (Å²) in [7, 11) is 1.57. The molecule has 0 spiro atoms. The van der Waals surface area contributed by atoms with Gasteiger partial charge in [0.1, 0.15) is 23.1 Å². The first-order valence-electron chi connectivity index (χ1n) is 8.85. The van der Waals surface area contributed by atoms with Crippen molar-refractivity contribution >= 4 is 40.4 Å². The summed E-state index contributed by atoms with van der Waals surface area (Å²) in [4.78, 5) is 30.4. The van der Waals surface area contributed by atoms with Crippen molar-refractivity contribution in [1.29, 1.82) is 0 Å². The number of thiazole rings is 1. The number of amides is 2. The molecule has 0 radical (unpaired) electrons. The molecule has 0 aliphatic heterocycles. The van der Waals surface area contributed by atoms with E-state index in [-0.39, 0.29) is 30.7 Å². The maximum absolute atomic E-state index is 12.5. The van der Waals surface area contributed by atoms with Crippen LogP contribution in [-0.2, 0) is 11.4 Å². The summed E-state index contributed by atoms with van der Waals surface area (Å²) in [6.07, 6.45) is 0. The lowest BCUT2D eigenvalue weighted by atomic mass is 10.2. The predicted molar refractivity (Wildman–Crippen MR) is 115 cm³/mol. The molecular formula is C21H20ClN3O3S. The van der Waals surface area contributed by atoms with Crippen LogP contribution in [0.4, 0.5) is 5.69 Å². The van der Waals surface area contributed by atoms with E-state index in [9.17, 15) is 9.59 Å². The smallest absolute Gasteiger partial charge is 0.273 e. The van der Waals surface area contributed by atoms with Crippen LogP contribution in [0, 0.1) is 6.92 Å². The largest absolute Gasteiger partial charge is 0.486 e. The van der Waals surface area contributed by atoms with Gasteiger partial charge < -0.3 is 15.0 Å². The van der Waals surface area contributed by atoms with Crippen molar-refractivity contribution in [3.05, 3.63) is 75.2 Å². The summed E-state index contributed by atoms with van der Waals surface area (Å²) in [5.74, 6) is 0.0756. The van der Waals surface area contributed by atoms with E-state index in [1.165, 1.54) is 16.2 Å². The van der Waals surface area contributed by atoms with Crippen molar-refractivity contribution in [1.82, 2.24) is 9.88 Å². The minimum atomic E-state index is -0.321. The highest BCUT2D eigenvalue weighted by atomic mass is 35.5. The van der Waals surface area contributed by atoms with Crippen LogP contribution < -0.4 is 10.1 Å². The molecule has 8 heteroatoms. The van der Waals surface area contributed by atoms with Gasteiger partial charge in [-0.2, -0.15) is 0 Å². The number of nitrogens with one attached hydrogen (secondary N) is 1. The molecule has 1 N–H and O–H groups in total. The van der Waals surface area contributed by atoms with E-state index < -0.39 is 0 Å². The van der Waals surface area contributed by atoms with Crippen LogP contribution in [0.25, 0.3) is 0 Å². The summed E-state index contributed by atoms with van der Waals surface area (Å²) in [5.41, 5.74) is 2.08. The van der Waals surface area contributed by atoms with Crippen LogP contribution in [0.3, 0.4) is 0 Å². The zero-order valence-electron chi connectivity index (χ0n) is 16.0. The molecule has 0 unspecified atom stereocenters. The fourth-order valence-electron chi connectivity index (χ4n) is 2.47. The van der Waals surface area contributed by atoms with E-state index >= 15 is 0 Å². The van der Waals surface area contributed by atoms with Gasteiger partial charge in [-0.05, 0) is 43.3 Å². The normalized spacial score (nSPS) is 10.4. The standard InChI is InChI=1S/C21H20ClN3O3S/c1-14-3-7-16(8-4-14)23-19(26)11-25(2)21(27)18-13-29-20(24-18)12-28-17-9-5-15(22)6-10-17/h3-10,13H,11-12H2,1-2H3,(H,23,26). The van der Waals surface area contributed by atoms with E-state index in [0.29, 0.717) is 21.5 Å². The van der Waals surface area contributed by atoms with E-state index in [2.05, 4.69) is 10.3 Å². The van der Waals surface area contributed by atoms with Gasteiger partial charge in [0.2, 0.25) is 5.91 Å². The van der Waals surface area contributed by atoms with Crippen LogP contribution in [0.15, 0.2) is 53.9 Å². The van der Waals surface area contributed by atoms with Gasteiger partial charge in [0.05, 0.1) is 6.54 Å². The number of halogens is 1. The number of nitrogens with zero attached hydrogens (tertiary/aromatic N) is 2. The Morgan fingerprint density at radius 3 is 2.52 bits per heavy atom. The summed E-state index contributed by atoms with van der Waals surface area (Å²) < 4.78 is 5.64. The van der Waals surface area contributed by atoms with Gasteiger partial charge in [0, 0.05) is 23.1 Å². The Morgan fingerprint density at radius 1 is 1.14 bits per heavy atom. The number of aromatic nitrogens is 1. The Bertz CT molecular complexity index is 987. The van der Waals surface area contributed by atoms with Crippen molar-refractivity contribution < 1.29 is 14.3 Å². The third-order valence-electron chi connectivity index (χ3n) is 4.01. The number of hydrogen-bond acceptors (Lipinski definition) is 5. The van der Waals surface area contributed by atoms with E-state index in [0.717, 1.165) is 5.56 Å². The Balaban J connectivity index is 1.52. The average Bonchev–Trinajstić information content (AvgIpc) is 3.17. The topological polar surface area (TPSA) is 71.5 Å². The molecule has 29 heavy (non-hydrogen) atoms. The molecule has 6 nitrogen and oxygen atoms in total. The van der Waals surface area contributed by atoms with E-state index in [4.69, 9.17) is 16.3 Å². The Kier molecular flexibility index (Phi) is 6.85. The van der Waals surface area contributed by atoms with Gasteiger partial charge in [-0.25, -0.2) is 4.98 Å². The summed E-state index contributed by atoms with van der Waals surface area (Å²) in [6.45, 7) is 2.15. The Hall–Kier alpha value is -2.90. The predicted octanol–water partition coefficient (Wildman–Crippen LogP) is 4.39. The van der Waals surface area contributed by atoms with Crippen molar-refractivity contribution in [3.8, 4) is 5.75 Å². The maximum Gasteiger partial charge on any atom is 0.273 e. The molecule has 150 valence electrons. The van der Waals surface area contributed by atoms with Crippen molar-refractivity contribution in [2.75, 3.05) is 18.9 Å². The van der Waals surface area contributed by atoms with Gasteiger partial charge in [0.15, 0.2) is 0 Å². The summed E-state index contributed by atoms with van der Waals surface area (Å²) >= 11 is 7.18. The zero-order chi connectivity index (χ0) is 20.8. The highest BCUT2D eigenvalue weighted by molar-refractivity contribution is 7.09. The molecule has 0 aliphatic rings. The molecular weight excluding hydrogens is 410 g/mol. The first kappa shape index (κ1) is 20.8. The lowest BCUT2D eigenvalue weighted by molar-refractivity contribution is -0.116. The molecule has 3 aromatic rings. The van der Waals surface area contributed by atoms with Crippen LogP contribution in [-0.4, -0.2) is 35.3 Å². The Labute approximate surface area is 178 Å². The quantitative estimate of drug-likeness (QED) is 0.604. The summed E-state index contributed by atoms with van der Waals surface area (Å²) in [6, 6.07) is 14.5. The van der Waals surface area contributed by atoms with Gasteiger partial charge in [0.25, 0.3) is 5.91 Å². The minimum Gasteiger partial charge on any atom is -0.486 e. The second kappa shape index (κ2) is 9.54. The number of carbonyl (C=O) groups excluding carboxylic acids is 2. The first-order valence-corrected chi connectivity index (χ1v) is 10.1. The monoisotopic (exact) mass is 429 g/mol. The molecule has 1 aromatic heterocycles. The number of rotatable bonds is 7. The second-order valence-corrected chi connectivity index (χ2v) is 7.82. The van der Waals surface area contributed by atoms with Gasteiger partial charge >= 0.3 is 0 Å². The highest BCUT2D eigenvalue weighted by Crippen LogP contribution is 2.18. The third-order valence-corrected chi connectivity index (χ3v) is 5.08. The van der Waals surface area contributed by atoms with E-state index in [1.807, 2.05) is 31.2 Å². The molecule has 3 rings (SSSR count). The maximum atomic E-state index is 12.5. The number of carbonyl (C=O) groups is 2. The summed E-state index contributed by atoms with van der Waals surface area (Å²) in [5, 5.41) is 5.74. The van der Waals surface area contributed by atoms with Crippen LogP contribution in [0.1, 0.15) is 21.1 Å². The Morgan fingerprint density at radius 2 is 1.83 bits per heavy atom. The number of ether oxygens (including phenoxy) is 1. The molecule has 1 heterocycles. The zero-order valence-corrected chi connectivity index (χ0v) is 17.6. The highest BCUT2D eigenvalue weighted by Gasteiger charge is 2.18. The first-order chi connectivity index (χ1) is 13.9. The second-order valence-electron chi connectivity index (χ2n) is 6.44. The average molecular weight is 430 g/mol. The van der Waals surface area contributed by atoms with Gasteiger partial charge in [-0.3, -0.25) is 9.59 Å².